The maximum absolute atomic E-state index is 9.30. The zero-order valence-corrected chi connectivity index (χ0v) is 9.59. The lowest BCUT2D eigenvalue weighted by atomic mass is 10.1. The molecule has 0 atom stereocenters. The van der Waals surface area contributed by atoms with Crippen molar-refractivity contribution in [3.05, 3.63) is 24.3 Å². The molecule has 0 aliphatic heterocycles. The van der Waals surface area contributed by atoms with Gasteiger partial charge in [-0.1, -0.05) is 6.07 Å². The van der Waals surface area contributed by atoms with E-state index in [2.05, 4.69) is 0 Å². The van der Waals surface area contributed by atoms with E-state index < -0.39 is 0 Å². The highest BCUT2D eigenvalue weighted by molar-refractivity contribution is 7.99. The first-order valence-corrected chi connectivity index (χ1v) is 6.35. The van der Waals surface area contributed by atoms with Crippen LogP contribution in [0, 0.1) is 5.41 Å². The van der Waals surface area contributed by atoms with E-state index in [0.717, 1.165) is 17.2 Å². The molecule has 2 rings (SSSR count). The number of thioether (sulfide) groups is 1. The van der Waals surface area contributed by atoms with Gasteiger partial charge < -0.3 is 10.8 Å². The third kappa shape index (κ3) is 2.89. The van der Waals surface area contributed by atoms with Crippen LogP contribution in [-0.2, 0) is 0 Å². The fourth-order valence-corrected chi connectivity index (χ4v) is 2.84. The number of phenols is 1. The van der Waals surface area contributed by atoms with Crippen molar-refractivity contribution in [3.63, 3.8) is 0 Å². The molecule has 82 valence electrons. The zero-order chi connectivity index (χ0) is 10.7. The Kier molecular flexibility index (Phi) is 3.22. The normalized spacial score (nSPS) is 17.7. The van der Waals surface area contributed by atoms with Crippen LogP contribution in [0.5, 0.6) is 5.75 Å². The number of hydrogen-bond acceptors (Lipinski definition) is 3. The molecule has 1 aromatic carbocycles. The van der Waals surface area contributed by atoms with E-state index in [4.69, 9.17) is 5.73 Å². The Morgan fingerprint density at radius 2 is 2.20 bits per heavy atom. The van der Waals surface area contributed by atoms with Crippen LogP contribution in [0.2, 0.25) is 0 Å². The monoisotopic (exact) mass is 223 g/mol. The van der Waals surface area contributed by atoms with Crippen LogP contribution in [0.3, 0.4) is 0 Å². The molecule has 1 aliphatic carbocycles. The minimum Gasteiger partial charge on any atom is -0.508 e. The van der Waals surface area contributed by atoms with Gasteiger partial charge in [0, 0.05) is 4.90 Å². The molecule has 0 aromatic heterocycles. The van der Waals surface area contributed by atoms with Crippen molar-refractivity contribution in [1.29, 1.82) is 0 Å². The van der Waals surface area contributed by atoms with Crippen molar-refractivity contribution in [2.75, 3.05) is 12.3 Å². The Hall–Kier alpha value is -0.670. The van der Waals surface area contributed by atoms with Gasteiger partial charge in [0.15, 0.2) is 0 Å². The van der Waals surface area contributed by atoms with Gasteiger partial charge in [0.05, 0.1) is 0 Å². The quantitative estimate of drug-likeness (QED) is 0.754. The largest absolute Gasteiger partial charge is 0.508 e. The zero-order valence-electron chi connectivity index (χ0n) is 8.78. The van der Waals surface area contributed by atoms with E-state index in [1.165, 1.54) is 19.3 Å². The summed E-state index contributed by atoms with van der Waals surface area (Å²) >= 11 is 1.80. The van der Waals surface area contributed by atoms with Crippen LogP contribution >= 0.6 is 11.8 Å². The van der Waals surface area contributed by atoms with Gasteiger partial charge in [0.25, 0.3) is 0 Å². The van der Waals surface area contributed by atoms with Crippen molar-refractivity contribution in [3.8, 4) is 5.75 Å². The molecule has 15 heavy (non-hydrogen) atoms. The number of hydrogen-bond donors (Lipinski definition) is 2. The molecule has 1 fully saturated rings. The molecule has 0 radical (unpaired) electrons. The van der Waals surface area contributed by atoms with Gasteiger partial charge in [-0.05, 0) is 55.2 Å². The van der Waals surface area contributed by atoms with Gasteiger partial charge in [-0.2, -0.15) is 0 Å². The second kappa shape index (κ2) is 4.45. The third-order valence-corrected chi connectivity index (χ3v) is 4.10. The fourth-order valence-electron chi connectivity index (χ4n) is 1.69. The predicted molar refractivity (Wildman–Crippen MR) is 64.2 cm³/mol. The highest BCUT2D eigenvalue weighted by atomic mass is 32.2. The Labute approximate surface area is 94.9 Å². The first kappa shape index (κ1) is 10.8. The first-order valence-electron chi connectivity index (χ1n) is 5.36. The fraction of sp³-hybridized carbons (Fsp3) is 0.500. The second-order valence-corrected chi connectivity index (χ2v) is 5.47. The molecule has 0 bridgehead atoms. The van der Waals surface area contributed by atoms with Crippen LogP contribution in [-0.4, -0.2) is 17.4 Å². The molecule has 3 N–H and O–H groups in total. The van der Waals surface area contributed by atoms with Crippen molar-refractivity contribution in [2.24, 2.45) is 11.1 Å². The number of nitrogens with two attached hydrogens (primary N) is 1. The van der Waals surface area contributed by atoms with E-state index in [0.29, 0.717) is 11.2 Å². The Morgan fingerprint density at radius 3 is 2.80 bits per heavy atom. The molecule has 0 amide bonds. The minimum atomic E-state index is 0.347. The summed E-state index contributed by atoms with van der Waals surface area (Å²) in [5.41, 5.74) is 6.19. The molecule has 3 heteroatoms. The van der Waals surface area contributed by atoms with E-state index in [1.54, 1.807) is 17.8 Å². The van der Waals surface area contributed by atoms with Crippen LogP contribution in [0.1, 0.15) is 19.3 Å². The molecule has 0 saturated heterocycles. The molecule has 1 aromatic rings. The minimum absolute atomic E-state index is 0.347. The van der Waals surface area contributed by atoms with E-state index in [9.17, 15) is 5.11 Å². The molecule has 2 nitrogen and oxygen atoms in total. The SMILES string of the molecule is NCC1(CCSc2cccc(O)c2)CC1. The predicted octanol–water partition coefficient (Wildman–Crippen LogP) is 2.61. The van der Waals surface area contributed by atoms with E-state index in [-0.39, 0.29) is 0 Å². The smallest absolute Gasteiger partial charge is 0.116 e. The molecule has 1 aliphatic rings. The summed E-state index contributed by atoms with van der Waals surface area (Å²) in [5, 5.41) is 9.30. The van der Waals surface area contributed by atoms with Crippen molar-refractivity contribution < 1.29 is 5.11 Å². The summed E-state index contributed by atoms with van der Waals surface area (Å²) in [6.45, 7) is 0.827. The Bertz CT molecular complexity index is 336. The molecule has 0 heterocycles. The lowest BCUT2D eigenvalue weighted by Gasteiger charge is -2.11. The van der Waals surface area contributed by atoms with Gasteiger partial charge in [-0.3, -0.25) is 0 Å². The van der Waals surface area contributed by atoms with Gasteiger partial charge in [-0.15, -0.1) is 11.8 Å². The van der Waals surface area contributed by atoms with Gasteiger partial charge in [0.2, 0.25) is 0 Å². The van der Waals surface area contributed by atoms with Gasteiger partial charge in [0.1, 0.15) is 5.75 Å². The van der Waals surface area contributed by atoms with Crippen LogP contribution in [0.25, 0.3) is 0 Å². The molecule has 0 spiro atoms. The van der Waals surface area contributed by atoms with Crippen molar-refractivity contribution in [1.82, 2.24) is 0 Å². The van der Waals surface area contributed by atoms with Crippen molar-refractivity contribution >= 4 is 11.8 Å². The topological polar surface area (TPSA) is 46.2 Å². The summed E-state index contributed by atoms with van der Waals surface area (Å²) in [6, 6.07) is 7.43. The summed E-state index contributed by atoms with van der Waals surface area (Å²) in [7, 11) is 0. The van der Waals surface area contributed by atoms with Crippen LogP contribution < -0.4 is 5.73 Å². The lowest BCUT2D eigenvalue weighted by molar-refractivity contribution is 0.474. The highest BCUT2D eigenvalue weighted by Crippen LogP contribution is 2.48. The summed E-state index contributed by atoms with van der Waals surface area (Å²) in [4.78, 5) is 1.14. The Balaban J connectivity index is 1.78. The lowest BCUT2D eigenvalue weighted by Crippen LogP contribution is -2.15. The average Bonchev–Trinajstić information content (AvgIpc) is 2.99. The van der Waals surface area contributed by atoms with Crippen LogP contribution in [0.15, 0.2) is 29.2 Å². The van der Waals surface area contributed by atoms with Gasteiger partial charge >= 0.3 is 0 Å². The number of benzene rings is 1. The second-order valence-electron chi connectivity index (χ2n) is 4.30. The number of phenolic OH excluding ortho intramolecular Hbond substituents is 1. The summed E-state index contributed by atoms with van der Waals surface area (Å²) in [6.07, 6.45) is 3.79. The Morgan fingerprint density at radius 1 is 1.40 bits per heavy atom. The maximum atomic E-state index is 9.30. The third-order valence-electron chi connectivity index (χ3n) is 3.11. The highest BCUT2D eigenvalue weighted by Gasteiger charge is 2.40. The molecular weight excluding hydrogens is 206 g/mol. The molecule has 1 saturated carbocycles. The molecule has 0 unspecified atom stereocenters. The standard InChI is InChI=1S/C12H17NOS/c13-9-12(4-5-12)6-7-15-11-3-1-2-10(14)8-11/h1-3,8,14H,4-7,9,13H2. The van der Waals surface area contributed by atoms with E-state index >= 15 is 0 Å². The van der Waals surface area contributed by atoms with Gasteiger partial charge in [-0.25, -0.2) is 0 Å². The van der Waals surface area contributed by atoms with Crippen LogP contribution in [0.4, 0.5) is 0 Å². The number of rotatable bonds is 5. The summed E-state index contributed by atoms with van der Waals surface area (Å²) < 4.78 is 0. The summed E-state index contributed by atoms with van der Waals surface area (Å²) in [5.74, 6) is 1.45. The van der Waals surface area contributed by atoms with E-state index in [1.807, 2.05) is 18.2 Å². The first-order chi connectivity index (χ1) is 7.24. The van der Waals surface area contributed by atoms with Crippen molar-refractivity contribution in [2.45, 2.75) is 24.2 Å². The number of aromatic hydroxyl groups is 1. The maximum Gasteiger partial charge on any atom is 0.116 e. The average molecular weight is 223 g/mol. The molecular formula is C12H17NOS.